The Morgan fingerprint density at radius 1 is 0.783 bits per heavy atom. The molecule has 0 radical (unpaired) electrons. The second kappa shape index (κ2) is 17.4. The van der Waals surface area contributed by atoms with E-state index in [1.165, 1.54) is 12.1 Å². The highest BCUT2D eigenvalue weighted by Crippen LogP contribution is 2.49. The molecule has 0 saturated heterocycles. The predicted octanol–water partition coefficient (Wildman–Crippen LogP) is 8.02. The van der Waals surface area contributed by atoms with Crippen LogP contribution in [0.15, 0.2) is 108 Å². The molecule has 0 atom stereocenters. The lowest BCUT2D eigenvalue weighted by atomic mass is 9.81. The first-order valence-electron chi connectivity index (χ1n) is 19.8. The molecule has 3 aromatic rings. The van der Waals surface area contributed by atoms with Crippen molar-refractivity contribution < 1.29 is 54.6 Å². The maximum absolute atomic E-state index is 11.7. The van der Waals surface area contributed by atoms with Crippen LogP contribution in [-0.4, -0.2) is 86.1 Å². The van der Waals surface area contributed by atoms with E-state index in [-0.39, 0.29) is 29.9 Å². The van der Waals surface area contributed by atoms with Crippen molar-refractivity contribution in [2.75, 3.05) is 43.7 Å². The number of allylic oxidation sites excluding steroid dienone is 7. The minimum atomic E-state index is -4.17. The van der Waals surface area contributed by atoms with Gasteiger partial charge in [0.25, 0.3) is 20.2 Å². The largest absolute Gasteiger partial charge is 0.497 e. The van der Waals surface area contributed by atoms with Crippen LogP contribution in [-0.2, 0) is 31.1 Å². The summed E-state index contributed by atoms with van der Waals surface area (Å²) in [6.45, 7) is 9.07. The number of nitrogens with zero attached hydrogens (tertiary/aromatic N) is 2. The number of carboxylic acids is 1. The number of hydrogen-bond acceptors (Lipinski definition) is 9. The number of anilines is 1. The lowest BCUT2D eigenvalue weighted by Crippen LogP contribution is -2.28. The lowest BCUT2D eigenvalue weighted by molar-refractivity contribution is -0.437. The number of aromatic carboxylic acids is 1. The first-order valence-corrected chi connectivity index (χ1v) is 23.0. The van der Waals surface area contributed by atoms with E-state index in [0.29, 0.717) is 48.9 Å². The number of benzene rings is 3. The number of carbonyl (C=O) groups is 1. The first-order chi connectivity index (χ1) is 28.2. The second-order valence-electron chi connectivity index (χ2n) is 16.2. The fraction of sp³-hybridized carbons (Fsp3) is 0.378. The van der Waals surface area contributed by atoms with E-state index in [9.17, 15) is 35.8 Å². The van der Waals surface area contributed by atoms with Crippen LogP contribution in [0.5, 0.6) is 17.2 Å². The maximum atomic E-state index is 11.7. The zero-order valence-electron chi connectivity index (χ0n) is 34.8. The van der Waals surface area contributed by atoms with Gasteiger partial charge in [0.15, 0.2) is 5.71 Å². The summed E-state index contributed by atoms with van der Waals surface area (Å²) in [5.74, 6) is 0.633. The minimum Gasteiger partial charge on any atom is -0.497 e. The van der Waals surface area contributed by atoms with Crippen molar-refractivity contribution in [2.24, 2.45) is 0 Å². The van der Waals surface area contributed by atoms with E-state index in [1.807, 2.05) is 60.7 Å². The van der Waals surface area contributed by atoms with Gasteiger partial charge in [-0.25, -0.2) is 4.79 Å². The van der Waals surface area contributed by atoms with Gasteiger partial charge in [-0.05, 0) is 123 Å². The third-order valence-electron chi connectivity index (χ3n) is 11.4. The number of carboxylic acid groups (broad SMARTS) is 1. The zero-order valence-corrected chi connectivity index (χ0v) is 36.4. The highest BCUT2D eigenvalue weighted by atomic mass is 32.2. The van der Waals surface area contributed by atoms with E-state index in [4.69, 9.17) is 14.2 Å². The summed E-state index contributed by atoms with van der Waals surface area (Å²) in [6.07, 6.45) is 10.7. The molecule has 0 amide bonds. The Labute approximate surface area is 352 Å². The van der Waals surface area contributed by atoms with E-state index >= 15 is 0 Å². The minimum absolute atomic E-state index is 0.125. The van der Waals surface area contributed by atoms with Gasteiger partial charge in [-0.15, -0.1) is 0 Å². The molecule has 6 rings (SSSR count). The molecule has 3 aromatic carbocycles. The molecule has 0 spiro atoms. The van der Waals surface area contributed by atoms with Gasteiger partial charge in [-0.3, -0.25) is 9.11 Å². The molecule has 3 aliphatic rings. The molecule has 320 valence electrons. The molecule has 0 bridgehead atoms. The first kappa shape index (κ1) is 44.3. The topological polar surface area (TPSA) is 180 Å². The summed E-state index contributed by atoms with van der Waals surface area (Å²) in [5.41, 5.74) is 6.54. The van der Waals surface area contributed by atoms with Gasteiger partial charge >= 0.3 is 5.97 Å². The van der Waals surface area contributed by atoms with Gasteiger partial charge in [-0.2, -0.15) is 21.4 Å². The second-order valence-corrected chi connectivity index (χ2v) is 19.3. The summed E-state index contributed by atoms with van der Waals surface area (Å²) in [5, 5.41) is 9.55. The summed E-state index contributed by atoms with van der Waals surface area (Å²) in [6, 6.07) is 17.9. The monoisotopic (exact) mass is 861 g/mol. The normalized spacial score (nSPS) is 18.7. The predicted molar refractivity (Wildman–Crippen MR) is 231 cm³/mol. The van der Waals surface area contributed by atoms with Crippen LogP contribution >= 0.6 is 0 Å². The SMILES string of the molecule is COc1ccc2c(c1)C(C)(C)C(/C=C/C1=C(Oc3ccc(C(=O)O)cc3)C(=C/C=C3/N(CCCS(=O)(=O)O)c4ccc(OC)cc4C3(C)C)/CCC1)=[N+]2CCCS(=O)(=O)O. The lowest BCUT2D eigenvalue weighted by Gasteiger charge is -2.27. The fourth-order valence-corrected chi connectivity index (χ4v) is 9.34. The van der Waals surface area contributed by atoms with Crippen molar-refractivity contribution in [3.63, 3.8) is 0 Å². The van der Waals surface area contributed by atoms with Gasteiger partial charge < -0.3 is 24.2 Å². The van der Waals surface area contributed by atoms with Crippen molar-refractivity contribution in [2.45, 2.75) is 70.6 Å². The van der Waals surface area contributed by atoms with Crippen molar-refractivity contribution in [1.82, 2.24) is 0 Å². The molecular formula is C45H53N2O11S2+. The van der Waals surface area contributed by atoms with Gasteiger partial charge in [0.05, 0.1) is 36.7 Å². The van der Waals surface area contributed by atoms with Crippen LogP contribution < -0.4 is 19.1 Å². The third-order valence-corrected chi connectivity index (χ3v) is 13.1. The molecule has 3 N–H and O–H groups in total. The van der Waals surface area contributed by atoms with E-state index in [1.54, 1.807) is 26.4 Å². The Morgan fingerprint density at radius 2 is 1.40 bits per heavy atom. The number of methoxy groups -OCH3 is 2. The van der Waals surface area contributed by atoms with Crippen LogP contribution in [0.2, 0.25) is 0 Å². The van der Waals surface area contributed by atoms with Crippen molar-refractivity contribution in [3.05, 3.63) is 124 Å². The van der Waals surface area contributed by atoms with Crippen LogP contribution in [0.1, 0.15) is 81.3 Å². The molecule has 2 heterocycles. The number of hydrogen-bond donors (Lipinski definition) is 3. The van der Waals surface area contributed by atoms with Crippen LogP contribution in [0.25, 0.3) is 0 Å². The Kier molecular flexibility index (Phi) is 12.9. The average Bonchev–Trinajstić information content (AvgIpc) is 3.53. The molecular weight excluding hydrogens is 809 g/mol. The number of ether oxygens (including phenoxy) is 3. The summed E-state index contributed by atoms with van der Waals surface area (Å²) >= 11 is 0. The van der Waals surface area contributed by atoms with Gasteiger partial charge in [-0.1, -0.05) is 19.9 Å². The van der Waals surface area contributed by atoms with Gasteiger partial charge in [0.1, 0.15) is 29.6 Å². The smallest absolute Gasteiger partial charge is 0.335 e. The number of rotatable bonds is 16. The molecule has 0 fully saturated rings. The molecule has 1 aliphatic carbocycles. The third kappa shape index (κ3) is 9.70. The quantitative estimate of drug-likeness (QED) is 0.0934. The Bertz CT molecular complexity index is 2550. The zero-order chi connectivity index (χ0) is 43.6. The van der Waals surface area contributed by atoms with Crippen molar-refractivity contribution in [1.29, 1.82) is 0 Å². The summed E-state index contributed by atoms with van der Waals surface area (Å²) in [7, 11) is -5.12. The van der Waals surface area contributed by atoms with Gasteiger partial charge in [0, 0.05) is 47.5 Å². The Balaban J connectivity index is 1.47. The Hall–Kier alpha value is -5.22. The van der Waals surface area contributed by atoms with Crippen molar-refractivity contribution in [3.8, 4) is 17.2 Å². The van der Waals surface area contributed by atoms with Crippen LogP contribution in [0.3, 0.4) is 0 Å². The highest BCUT2D eigenvalue weighted by molar-refractivity contribution is 7.86. The van der Waals surface area contributed by atoms with E-state index < -0.39 is 37.0 Å². The van der Waals surface area contributed by atoms with Gasteiger partial charge in [0.2, 0.25) is 5.69 Å². The van der Waals surface area contributed by atoms with Crippen LogP contribution in [0.4, 0.5) is 11.4 Å². The van der Waals surface area contributed by atoms with E-state index in [2.05, 4.69) is 37.2 Å². The summed E-state index contributed by atoms with van der Waals surface area (Å²) < 4.78 is 85.7. The molecule has 0 unspecified atom stereocenters. The molecule has 60 heavy (non-hydrogen) atoms. The fourth-order valence-electron chi connectivity index (χ4n) is 8.35. The highest BCUT2D eigenvalue weighted by Gasteiger charge is 2.45. The standard InChI is InChI=1S/C45H52N2O11S2/c1-44(2)36-28-34(56-5)18-20-38(36)46(24-8-26-59(50,51)52)40(44)22-14-30-10-7-11-31(42(30)58-33-16-12-32(13-17-33)43(48)49)15-23-41-45(3,4)37-29-35(57-6)19-21-39(37)47(41)25-9-27-60(53,54)55/h12-23,28-29H,7-11,24-27H2,1-6H3,(H2-,48,49,50,51,52,53,54,55)/p+1. The maximum Gasteiger partial charge on any atom is 0.335 e. The molecule has 15 heteroatoms. The Morgan fingerprint density at radius 3 is 2.03 bits per heavy atom. The molecule has 13 nitrogen and oxygen atoms in total. The average molecular weight is 862 g/mol. The van der Waals surface area contributed by atoms with Crippen LogP contribution in [0, 0.1) is 0 Å². The number of fused-ring (bicyclic) bond motifs is 2. The molecule has 2 aliphatic heterocycles. The summed E-state index contributed by atoms with van der Waals surface area (Å²) in [4.78, 5) is 13.7. The van der Waals surface area contributed by atoms with Crippen molar-refractivity contribution >= 4 is 43.3 Å². The molecule has 0 saturated carbocycles. The molecule has 0 aromatic heterocycles. The van der Waals surface area contributed by atoms with E-state index in [0.717, 1.165) is 51.5 Å².